The van der Waals surface area contributed by atoms with Crippen LogP contribution in [0.25, 0.3) is 0 Å². The van der Waals surface area contributed by atoms with Gasteiger partial charge in [0.25, 0.3) is 0 Å². The molecule has 4 nitrogen and oxygen atoms in total. The Bertz CT molecular complexity index is 309. The van der Waals surface area contributed by atoms with Crippen molar-refractivity contribution in [1.29, 1.82) is 0 Å². The molecule has 4 heteroatoms. The molecule has 78 valence electrons. The van der Waals surface area contributed by atoms with Crippen molar-refractivity contribution >= 4 is 0 Å². The van der Waals surface area contributed by atoms with Crippen LogP contribution in [-0.4, -0.2) is 32.5 Å². The van der Waals surface area contributed by atoms with Crippen molar-refractivity contribution in [2.24, 2.45) is 0 Å². The molecule has 14 heavy (non-hydrogen) atoms. The summed E-state index contributed by atoms with van der Waals surface area (Å²) in [6.07, 6.45) is 5.04. The predicted molar refractivity (Wildman–Crippen MR) is 52.0 cm³/mol. The minimum Gasteiger partial charge on any atom is -0.396 e. The summed E-state index contributed by atoms with van der Waals surface area (Å²) in [4.78, 5) is 4.46. The fourth-order valence-corrected chi connectivity index (χ4v) is 1.87. The number of aliphatic hydroxyl groups is 2. The topological polar surface area (TPSA) is 58.3 Å². The Morgan fingerprint density at radius 3 is 3.21 bits per heavy atom. The van der Waals surface area contributed by atoms with Crippen molar-refractivity contribution in [3.05, 3.63) is 17.7 Å². The minimum absolute atomic E-state index is 0.213. The first-order chi connectivity index (χ1) is 6.79. The van der Waals surface area contributed by atoms with E-state index in [1.807, 2.05) is 10.8 Å². The molecule has 1 aliphatic heterocycles. The summed E-state index contributed by atoms with van der Waals surface area (Å²) in [6, 6.07) is 0. The molecule has 1 aromatic rings. The van der Waals surface area contributed by atoms with Gasteiger partial charge in [-0.25, -0.2) is 4.98 Å². The molecule has 0 saturated heterocycles. The number of nitrogens with zero attached hydrogens (tertiary/aromatic N) is 2. The average molecular weight is 196 g/mol. The maximum atomic E-state index is 9.45. The third kappa shape index (κ3) is 1.96. The summed E-state index contributed by atoms with van der Waals surface area (Å²) in [7, 11) is 0. The zero-order valence-electron chi connectivity index (χ0n) is 8.19. The van der Waals surface area contributed by atoms with Crippen LogP contribution in [0, 0.1) is 0 Å². The maximum Gasteiger partial charge on any atom is 0.109 e. The van der Waals surface area contributed by atoms with E-state index in [0.717, 1.165) is 37.2 Å². The molecule has 0 spiro atoms. The summed E-state index contributed by atoms with van der Waals surface area (Å²) in [5.74, 6) is 1.07. The van der Waals surface area contributed by atoms with Crippen LogP contribution in [0.3, 0.4) is 0 Å². The number of rotatable bonds is 3. The van der Waals surface area contributed by atoms with Crippen molar-refractivity contribution in [3.63, 3.8) is 0 Å². The molecule has 0 fully saturated rings. The number of fused-ring (bicyclic) bond motifs is 1. The highest BCUT2D eigenvalue weighted by molar-refractivity contribution is 5.07. The van der Waals surface area contributed by atoms with Crippen LogP contribution in [-0.2, 0) is 19.4 Å². The van der Waals surface area contributed by atoms with Gasteiger partial charge in [0.05, 0.1) is 11.8 Å². The third-order valence-corrected chi connectivity index (χ3v) is 2.61. The highest BCUT2D eigenvalue weighted by Gasteiger charge is 2.17. The molecule has 2 N–H and O–H groups in total. The lowest BCUT2D eigenvalue weighted by Crippen LogP contribution is -2.23. The van der Waals surface area contributed by atoms with E-state index in [9.17, 15) is 5.11 Å². The summed E-state index contributed by atoms with van der Waals surface area (Å²) in [5, 5.41) is 18.2. The molecule has 1 unspecified atom stereocenters. The molecule has 2 heterocycles. The van der Waals surface area contributed by atoms with E-state index >= 15 is 0 Å². The molecule has 2 rings (SSSR count). The first-order valence-corrected chi connectivity index (χ1v) is 5.13. The van der Waals surface area contributed by atoms with Crippen LogP contribution in [0.2, 0.25) is 0 Å². The Morgan fingerprint density at radius 1 is 1.57 bits per heavy atom. The number of hydrogen-bond donors (Lipinski definition) is 2. The number of aliphatic hydroxyl groups excluding tert-OH is 2. The van der Waals surface area contributed by atoms with E-state index in [1.165, 1.54) is 0 Å². The lowest BCUT2D eigenvalue weighted by atomic mass is 10.1. The van der Waals surface area contributed by atoms with Gasteiger partial charge in [0.1, 0.15) is 5.82 Å². The second-order valence-electron chi connectivity index (χ2n) is 3.82. The van der Waals surface area contributed by atoms with Crippen LogP contribution in [0.5, 0.6) is 0 Å². The number of imidazole rings is 1. The Labute approximate surface area is 83.2 Å². The van der Waals surface area contributed by atoms with Crippen LogP contribution in [0.15, 0.2) is 6.20 Å². The number of hydrogen-bond acceptors (Lipinski definition) is 3. The molecule has 0 radical (unpaired) electrons. The third-order valence-electron chi connectivity index (χ3n) is 2.61. The second kappa shape index (κ2) is 4.11. The molecule has 0 aliphatic carbocycles. The van der Waals surface area contributed by atoms with Gasteiger partial charge >= 0.3 is 0 Å². The Morgan fingerprint density at radius 2 is 2.43 bits per heavy atom. The van der Waals surface area contributed by atoms with E-state index in [2.05, 4.69) is 4.98 Å². The van der Waals surface area contributed by atoms with Gasteiger partial charge in [-0.3, -0.25) is 0 Å². The Hall–Kier alpha value is -0.870. The van der Waals surface area contributed by atoms with E-state index in [-0.39, 0.29) is 12.7 Å². The molecular formula is C10H16N2O2. The first kappa shape index (κ1) is 9.68. The smallest absolute Gasteiger partial charge is 0.109 e. The number of aryl methyl sites for hydroxylation is 2. The van der Waals surface area contributed by atoms with Gasteiger partial charge in [-0.1, -0.05) is 0 Å². The van der Waals surface area contributed by atoms with Crippen LogP contribution in [0.4, 0.5) is 0 Å². The van der Waals surface area contributed by atoms with Gasteiger partial charge in [-0.05, 0) is 19.3 Å². The Balaban J connectivity index is 2.07. The summed E-state index contributed by atoms with van der Waals surface area (Å²) in [5.41, 5.74) is 1.03. The van der Waals surface area contributed by atoms with Crippen molar-refractivity contribution in [3.8, 4) is 0 Å². The van der Waals surface area contributed by atoms with Gasteiger partial charge < -0.3 is 14.8 Å². The number of aromatic nitrogens is 2. The second-order valence-corrected chi connectivity index (χ2v) is 3.82. The van der Waals surface area contributed by atoms with Crippen LogP contribution < -0.4 is 0 Å². The molecule has 1 aliphatic rings. The first-order valence-electron chi connectivity index (χ1n) is 5.13. The normalized spacial score (nSPS) is 20.9. The quantitative estimate of drug-likeness (QED) is 0.721. The molecular weight excluding hydrogens is 180 g/mol. The van der Waals surface area contributed by atoms with Crippen LogP contribution in [0.1, 0.15) is 24.4 Å². The average Bonchev–Trinajstić information content (AvgIpc) is 2.56. The highest BCUT2D eigenvalue weighted by atomic mass is 16.3. The highest BCUT2D eigenvalue weighted by Crippen LogP contribution is 2.15. The summed E-state index contributed by atoms with van der Waals surface area (Å²) < 4.78 is 2.03. The van der Waals surface area contributed by atoms with Gasteiger partial charge in [0.15, 0.2) is 0 Å². The van der Waals surface area contributed by atoms with E-state index < -0.39 is 0 Å². The van der Waals surface area contributed by atoms with Crippen LogP contribution >= 0.6 is 0 Å². The lowest BCUT2D eigenvalue weighted by molar-refractivity contribution is 0.130. The van der Waals surface area contributed by atoms with E-state index in [1.54, 1.807) is 0 Å². The van der Waals surface area contributed by atoms with Gasteiger partial charge in [0.2, 0.25) is 0 Å². The molecule has 1 atom stereocenters. The molecule has 0 saturated carbocycles. The molecule has 0 bridgehead atoms. The molecule has 1 aromatic heterocycles. The van der Waals surface area contributed by atoms with Gasteiger partial charge in [0, 0.05) is 25.8 Å². The summed E-state index contributed by atoms with van der Waals surface area (Å²) in [6.45, 7) is 0.881. The Kier molecular flexibility index (Phi) is 2.84. The van der Waals surface area contributed by atoms with E-state index in [0.29, 0.717) is 6.54 Å². The maximum absolute atomic E-state index is 9.45. The fraction of sp³-hybridized carbons (Fsp3) is 0.700. The SMILES string of the molecule is OCCCc1cn2c(n1)CCC(O)C2. The predicted octanol–water partition coefficient (Wildman–Crippen LogP) is 0.115. The minimum atomic E-state index is -0.220. The largest absolute Gasteiger partial charge is 0.396 e. The van der Waals surface area contributed by atoms with Crippen molar-refractivity contribution < 1.29 is 10.2 Å². The summed E-state index contributed by atoms with van der Waals surface area (Å²) >= 11 is 0. The van der Waals surface area contributed by atoms with Crippen molar-refractivity contribution in [2.45, 2.75) is 38.3 Å². The monoisotopic (exact) mass is 196 g/mol. The van der Waals surface area contributed by atoms with Gasteiger partial charge in [-0.2, -0.15) is 0 Å². The molecule has 0 aromatic carbocycles. The molecule has 0 amide bonds. The standard InChI is InChI=1S/C10H16N2O2/c13-5-1-2-8-6-12-7-9(14)3-4-10(12)11-8/h6,9,13-14H,1-5,7H2. The fourth-order valence-electron chi connectivity index (χ4n) is 1.87. The zero-order chi connectivity index (χ0) is 9.97. The van der Waals surface area contributed by atoms with E-state index in [4.69, 9.17) is 5.11 Å². The van der Waals surface area contributed by atoms with Crippen molar-refractivity contribution in [2.75, 3.05) is 6.61 Å². The van der Waals surface area contributed by atoms with Gasteiger partial charge in [-0.15, -0.1) is 0 Å². The van der Waals surface area contributed by atoms with Crippen molar-refractivity contribution in [1.82, 2.24) is 9.55 Å². The zero-order valence-corrected chi connectivity index (χ0v) is 8.19. The lowest BCUT2D eigenvalue weighted by Gasteiger charge is -2.18.